The maximum atomic E-state index is 12.5. The van der Waals surface area contributed by atoms with Gasteiger partial charge in [0.1, 0.15) is 5.75 Å². The predicted molar refractivity (Wildman–Crippen MR) is 84.2 cm³/mol. The van der Waals surface area contributed by atoms with E-state index in [2.05, 4.69) is 16.9 Å². The van der Waals surface area contributed by atoms with Crippen LogP contribution in [0, 0.1) is 0 Å². The van der Waals surface area contributed by atoms with Crippen molar-refractivity contribution in [2.45, 2.75) is 6.92 Å². The highest BCUT2D eigenvalue weighted by Gasteiger charge is 2.23. The summed E-state index contributed by atoms with van der Waals surface area (Å²) in [4.78, 5) is 21.1. The van der Waals surface area contributed by atoms with Crippen molar-refractivity contribution in [1.82, 2.24) is 14.8 Å². The number of carbonyl (C=O) groups excluding carboxylic acids is 1. The van der Waals surface area contributed by atoms with Crippen LogP contribution in [0.25, 0.3) is 10.2 Å². The zero-order valence-corrected chi connectivity index (χ0v) is 13.2. The second-order valence-corrected chi connectivity index (χ2v) is 6.21. The predicted octanol–water partition coefficient (Wildman–Crippen LogP) is 2.08. The van der Waals surface area contributed by atoms with E-state index >= 15 is 0 Å². The molecule has 0 atom stereocenters. The summed E-state index contributed by atoms with van der Waals surface area (Å²) in [6, 6.07) is 5.77. The molecule has 6 heteroatoms. The standard InChI is InChI=1S/C15H19N3O2S/c1-3-20-11-4-5-12-13(10-11)21-14(16-12)15(19)18-8-6-17(2)7-9-18/h4-5,10H,3,6-9H2,1-2H3. The molecule has 1 amide bonds. The number of hydrogen-bond acceptors (Lipinski definition) is 5. The van der Waals surface area contributed by atoms with Crippen LogP contribution in [-0.2, 0) is 0 Å². The fraction of sp³-hybridized carbons (Fsp3) is 0.467. The van der Waals surface area contributed by atoms with Crippen LogP contribution in [-0.4, -0.2) is 60.5 Å². The lowest BCUT2D eigenvalue weighted by atomic mass is 10.3. The van der Waals surface area contributed by atoms with Crippen LogP contribution < -0.4 is 4.74 Å². The van der Waals surface area contributed by atoms with Gasteiger partial charge in [0.15, 0.2) is 5.01 Å². The number of carbonyl (C=O) groups is 1. The summed E-state index contributed by atoms with van der Waals surface area (Å²) < 4.78 is 6.49. The van der Waals surface area contributed by atoms with E-state index in [0.717, 1.165) is 42.1 Å². The Morgan fingerprint density at radius 3 is 2.81 bits per heavy atom. The van der Waals surface area contributed by atoms with Gasteiger partial charge in [-0.3, -0.25) is 4.79 Å². The fourth-order valence-corrected chi connectivity index (χ4v) is 3.36. The first-order valence-electron chi connectivity index (χ1n) is 7.18. The van der Waals surface area contributed by atoms with Crippen LogP contribution in [0.15, 0.2) is 18.2 Å². The Kier molecular flexibility index (Phi) is 4.07. The molecule has 2 aromatic rings. The number of likely N-dealkylation sites (N-methyl/N-ethyl adjacent to an activating group) is 1. The molecule has 1 aromatic carbocycles. The average Bonchev–Trinajstić information content (AvgIpc) is 2.91. The quantitative estimate of drug-likeness (QED) is 0.871. The largest absolute Gasteiger partial charge is 0.494 e. The third-order valence-corrected chi connectivity index (χ3v) is 4.65. The molecule has 0 unspecified atom stereocenters. The van der Waals surface area contributed by atoms with Gasteiger partial charge in [-0.25, -0.2) is 4.98 Å². The molecule has 0 spiro atoms. The first kappa shape index (κ1) is 14.3. The van der Waals surface area contributed by atoms with Gasteiger partial charge >= 0.3 is 0 Å². The van der Waals surface area contributed by atoms with Crippen molar-refractivity contribution in [3.05, 3.63) is 23.2 Å². The Bertz CT molecular complexity index is 647. The molecule has 2 heterocycles. The number of benzene rings is 1. The summed E-state index contributed by atoms with van der Waals surface area (Å²) in [7, 11) is 2.08. The molecule has 5 nitrogen and oxygen atoms in total. The number of rotatable bonds is 3. The van der Waals surface area contributed by atoms with E-state index in [1.807, 2.05) is 30.0 Å². The molecule has 0 bridgehead atoms. The Morgan fingerprint density at radius 2 is 2.10 bits per heavy atom. The number of nitrogens with zero attached hydrogens (tertiary/aromatic N) is 3. The van der Waals surface area contributed by atoms with Gasteiger partial charge in [0.05, 0.1) is 16.8 Å². The van der Waals surface area contributed by atoms with Crippen LogP contribution >= 0.6 is 11.3 Å². The third kappa shape index (κ3) is 3.01. The SMILES string of the molecule is CCOc1ccc2nc(C(=O)N3CCN(C)CC3)sc2c1. The summed E-state index contributed by atoms with van der Waals surface area (Å²) in [5.74, 6) is 0.870. The number of hydrogen-bond donors (Lipinski definition) is 0. The summed E-state index contributed by atoms with van der Waals surface area (Å²) in [6.07, 6.45) is 0. The summed E-state index contributed by atoms with van der Waals surface area (Å²) in [5.41, 5.74) is 0.862. The minimum atomic E-state index is 0.0438. The third-order valence-electron chi connectivity index (χ3n) is 3.64. The molecule has 0 saturated carbocycles. The lowest BCUT2D eigenvalue weighted by Crippen LogP contribution is -2.47. The van der Waals surface area contributed by atoms with Gasteiger partial charge in [-0.2, -0.15) is 0 Å². The monoisotopic (exact) mass is 305 g/mol. The van der Waals surface area contributed by atoms with E-state index in [1.165, 1.54) is 11.3 Å². The Hall–Kier alpha value is -1.66. The van der Waals surface area contributed by atoms with Crippen molar-refractivity contribution in [3.63, 3.8) is 0 Å². The molecule has 0 N–H and O–H groups in total. The fourth-order valence-electron chi connectivity index (χ4n) is 2.40. The maximum Gasteiger partial charge on any atom is 0.282 e. The lowest BCUT2D eigenvalue weighted by molar-refractivity contribution is 0.0664. The summed E-state index contributed by atoms with van der Waals surface area (Å²) in [6.45, 7) is 5.98. The van der Waals surface area contributed by atoms with Gasteiger partial charge in [-0.1, -0.05) is 0 Å². The minimum absolute atomic E-state index is 0.0438. The Balaban J connectivity index is 1.81. The van der Waals surface area contributed by atoms with E-state index < -0.39 is 0 Å². The van der Waals surface area contributed by atoms with E-state index in [1.54, 1.807) is 0 Å². The van der Waals surface area contributed by atoms with E-state index in [-0.39, 0.29) is 5.91 Å². The second kappa shape index (κ2) is 5.99. The first-order valence-corrected chi connectivity index (χ1v) is 8.00. The van der Waals surface area contributed by atoms with E-state index in [0.29, 0.717) is 11.6 Å². The molecule has 1 aromatic heterocycles. The van der Waals surface area contributed by atoms with Crippen molar-refractivity contribution in [1.29, 1.82) is 0 Å². The smallest absolute Gasteiger partial charge is 0.282 e. The second-order valence-electron chi connectivity index (χ2n) is 5.18. The van der Waals surface area contributed by atoms with Crippen molar-refractivity contribution in [2.75, 3.05) is 39.8 Å². The zero-order valence-electron chi connectivity index (χ0n) is 12.3. The lowest BCUT2D eigenvalue weighted by Gasteiger charge is -2.31. The van der Waals surface area contributed by atoms with Crippen LogP contribution in [0.2, 0.25) is 0 Å². The summed E-state index contributed by atoms with van der Waals surface area (Å²) >= 11 is 1.44. The number of fused-ring (bicyclic) bond motifs is 1. The van der Waals surface area contributed by atoms with E-state index in [9.17, 15) is 4.79 Å². The minimum Gasteiger partial charge on any atom is -0.494 e. The molecule has 1 saturated heterocycles. The molecule has 0 aliphatic carbocycles. The summed E-state index contributed by atoms with van der Waals surface area (Å²) in [5, 5.41) is 0.572. The molecule has 0 radical (unpaired) electrons. The number of piperazine rings is 1. The van der Waals surface area contributed by atoms with Crippen molar-refractivity contribution < 1.29 is 9.53 Å². The number of amides is 1. The molecular formula is C15H19N3O2S. The molecule has 1 aliphatic rings. The van der Waals surface area contributed by atoms with Crippen LogP contribution in [0.1, 0.15) is 16.7 Å². The average molecular weight is 305 g/mol. The zero-order chi connectivity index (χ0) is 14.8. The normalized spacial score (nSPS) is 16.4. The van der Waals surface area contributed by atoms with Gasteiger partial charge < -0.3 is 14.5 Å². The van der Waals surface area contributed by atoms with Gasteiger partial charge in [0, 0.05) is 26.2 Å². The van der Waals surface area contributed by atoms with Gasteiger partial charge in [0.2, 0.25) is 0 Å². The molecule has 21 heavy (non-hydrogen) atoms. The number of thiazole rings is 1. The van der Waals surface area contributed by atoms with Gasteiger partial charge in [-0.05, 0) is 32.2 Å². The highest BCUT2D eigenvalue weighted by Crippen LogP contribution is 2.27. The van der Waals surface area contributed by atoms with Crippen molar-refractivity contribution >= 4 is 27.5 Å². The highest BCUT2D eigenvalue weighted by atomic mass is 32.1. The molecule has 1 aliphatic heterocycles. The number of ether oxygens (including phenoxy) is 1. The topological polar surface area (TPSA) is 45.7 Å². The molecular weight excluding hydrogens is 286 g/mol. The Labute approximate surface area is 128 Å². The van der Waals surface area contributed by atoms with E-state index in [4.69, 9.17) is 4.74 Å². The molecule has 1 fully saturated rings. The molecule has 112 valence electrons. The van der Waals surface area contributed by atoms with Crippen LogP contribution in [0.3, 0.4) is 0 Å². The van der Waals surface area contributed by atoms with Gasteiger partial charge in [-0.15, -0.1) is 11.3 Å². The van der Waals surface area contributed by atoms with Crippen molar-refractivity contribution in [2.24, 2.45) is 0 Å². The maximum absolute atomic E-state index is 12.5. The number of aromatic nitrogens is 1. The highest BCUT2D eigenvalue weighted by molar-refractivity contribution is 7.20. The first-order chi connectivity index (χ1) is 10.2. The van der Waals surface area contributed by atoms with Gasteiger partial charge in [0.25, 0.3) is 5.91 Å². The van der Waals surface area contributed by atoms with Crippen LogP contribution in [0.5, 0.6) is 5.75 Å². The Morgan fingerprint density at radius 1 is 1.33 bits per heavy atom. The van der Waals surface area contributed by atoms with Crippen molar-refractivity contribution in [3.8, 4) is 5.75 Å². The molecule has 3 rings (SSSR count). The van der Waals surface area contributed by atoms with Crippen LogP contribution in [0.4, 0.5) is 0 Å².